The van der Waals surface area contributed by atoms with Crippen molar-refractivity contribution in [3.8, 4) is 5.75 Å². The third-order valence-electron chi connectivity index (χ3n) is 3.75. The van der Waals surface area contributed by atoms with Gasteiger partial charge in [-0.3, -0.25) is 0 Å². The first-order chi connectivity index (χ1) is 9.98. The third-order valence-corrected chi connectivity index (χ3v) is 3.75. The van der Waals surface area contributed by atoms with Gasteiger partial charge in [0.05, 0.1) is 6.04 Å². The molecule has 6 nitrogen and oxygen atoms in total. The summed E-state index contributed by atoms with van der Waals surface area (Å²) in [6, 6.07) is 6.49. The fourth-order valence-electron chi connectivity index (χ4n) is 1.97. The summed E-state index contributed by atoms with van der Waals surface area (Å²) in [6.07, 6.45) is 1.29. The normalized spacial score (nSPS) is 15.6. The lowest BCUT2D eigenvalue weighted by atomic mass is 10.0. The van der Waals surface area contributed by atoms with E-state index in [9.17, 15) is 5.11 Å². The van der Waals surface area contributed by atoms with Gasteiger partial charge in [-0.2, -0.15) is 4.98 Å². The predicted octanol–water partition coefficient (Wildman–Crippen LogP) is 2.29. The first-order valence-corrected chi connectivity index (χ1v) is 6.91. The lowest BCUT2D eigenvalue weighted by Crippen LogP contribution is -2.25. The maximum Gasteiger partial charge on any atom is 0.244 e. The summed E-state index contributed by atoms with van der Waals surface area (Å²) in [5.74, 6) is 1.12. The van der Waals surface area contributed by atoms with Gasteiger partial charge in [0.25, 0.3) is 0 Å². The van der Waals surface area contributed by atoms with Gasteiger partial charge in [-0.05, 0) is 37.5 Å². The molecule has 6 heteroatoms. The number of aromatic nitrogens is 2. The zero-order valence-corrected chi connectivity index (χ0v) is 12.5. The van der Waals surface area contributed by atoms with Crippen LogP contribution in [0.3, 0.4) is 0 Å². The molecule has 3 N–H and O–H groups in total. The van der Waals surface area contributed by atoms with Gasteiger partial charge >= 0.3 is 0 Å². The molecule has 2 atom stereocenters. The number of methoxy groups -OCH3 is 1. The summed E-state index contributed by atoms with van der Waals surface area (Å²) < 4.78 is 10.7. The average Bonchev–Trinajstić information content (AvgIpc) is 2.99. The number of nitrogens with zero attached hydrogens (tertiary/aromatic N) is 2. The van der Waals surface area contributed by atoms with Crippen LogP contribution in [0.15, 0.2) is 28.8 Å². The highest BCUT2D eigenvalue weighted by Crippen LogP contribution is 2.26. The summed E-state index contributed by atoms with van der Waals surface area (Å²) in [4.78, 5) is 4.36. The number of phenolic OH excluding ortho intramolecular Hbond substituents is 1. The van der Waals surface area contributed by atoms with E-state index in [-0.39, 0.29) is 5.75 Å². The quantitative estimate of drug-likeness (QED) is 0.848. The minimum atomic E-state index is -0.569. The van der Waals surface area contributed by atoms with E-state index in [4.69, 9.17) is 15.0 Å². The highest BCUT2D eigenvalue weighted by atomic mass is 16.5. The molecule has 0 saturated heterocycles. The smallest absolute Gasteiger partial charge is 0.244 e. The second kappa shape index (κ2) is 6.24. The van der Waals surface area contributed by atoms with Crippen LogP contribution >= 0.6 is 0 Å². The van der Waals surface area contributed by atoms with Crippen LogP contribution in [-0.2, 0) is 16.8 Å². The molecule has 0 radical (unpaired) electrons. The van der Waals surface area contributed by atoms with Crippen LogP contribution < -0.4 is 5.73 Å². The average molecular weight is 291 g/mol. The Bertz CT molecular complexity index is 576. The molecule has 2 rings (SSSR count). The molecule has 0 bridgehead atoms. The van der Waals surface area contributed by atoms with Crippen LogP contribution in [0.1, 0.15) is 43.6 Å². The van der Waals surface area contributed by atoms with Gasteiger partial charge in [0.15, 0.2) is 0 Å². The van der Waals surface area contributed by atoms with E-state index in [0.29, 0.717) is 18.1 Å². The molecule has 0 spiro atoms. The number of aromatic hydroxyl groups is 1. The monoisotopic (exact) mass is 291 g/mol. The Labute approximate surface area is 123 Å². The maximum absolute atomic E-state index is 9.27. The van der Waals surface area contributed by atoms with Crippen LogP contribution in [0.2, 0.25) is 0 Å². The van der Waals surface area contributed by atoms with Gasteiger partial charge in [-0.25, -0.2) is 0 Å². The van der Waals surface area contributed by atoms with E-state index in [1.165, 1.54) is 0 Å². The Morgan fingerprint density at radius 2 is 2.05 bits per heavy atom. The van der Waals surface area contributed by atoms with Crippen molar-refractivity contribution in [2.75, 3.05) is 7.11 Å². The van der Waals surface area contributed by atoms with Gasteiger partial charge in [0.2, 0.25) is 11.7 Å². The molecule has 0 amide bonds. The minimum absolute atomic E-state index is 0.228. The van der Waals surface area contributed by atoms with Crippen LogP contribution in [0.25, 0.3) is 0 Å². The standard InChI is InChI=1S/C15H21N3O3/c1-4-15(2,20-3)14-17-13(21-18-14)12(16)9-10-5-7-11(19)8-6-10/h5-8,12,19H,4,9,16H2,1-3H3/t12-,15?/m0/s1. The lowest BCUT2D eigenvalue weighted by molar-refractivity contribution is -0.0106. The molecule has 1 unspecified atom stereocenters. The van der Waals surface area contributed by atoms with Gasteiger partial charge in [0, 0.05) is 7.11 Å². The number of phenols is 1. The summed E-state index contributed by atoms with van der Waals surface area (Å²) >= 11 is 0. The van der Waals surface area contributed by atoms with Gasteiger partial charge in [-0.1, -0.05) is 24.2 Å². The number of nitrogens with two attached hydrogens (primary N) is 1. The predicted molar refractivity (Wildman–Crippen MR) is 77.7 cm³/mol. The Kier molecular flexibility index (Phi) is 4.59. The fourth-order valence-corrected chi connectivity index (χ4v) is 1.97. The fraction of sp³-hybridized carbons (Fsp3) is 0.467. The molecule has 1 aromatic heterocycles. The first kappa shape index (κ1) is 15.5. The molecule has 0 saturated carbocycles. The summed E-state index contributed by atoms with van der Waals surface area (Å²) in [5.41, 5.74) is 6.53. The second-order valence-corrected chi connectivity index (χ2v) is 5.22. The molecule has 21 heavy (non-hydrogen) atoms. The van der Waals surface area contributed by atoms with E-state index in [0.717, 1.165) is 12.0 Å². The van der Waals surface area contributed by atoms with E-state index in [2.05, 4.69) is 10.1 Å². The molecule has 0 aliphatic carbocycles. The number of rotatable bonds is 6. The molecule has 1 aromatic carbocycles. The first-order valence-electron chi connectivity index (χ1n) is 6.91. The van der Waals surface area contributed by atoms with E-state index in [1.54, 1.807) is 19.2 Å². The van der Waals surface area contributed by atoms with Crippen molar-refractivity contribution in [1.29, 1.82) is 0 Å². The van der Waals surface area contributed by atoms with Crippen molar-refractivity contribution >= 4 is 0 Å². The Morgan fingerprint density at radius 3 is 2.62 bits per heavy atom. The molecule has 1 heterocycles. The number of hydrogen-bond acceptors (Lipinski definition) is 6. The van der Waals surface area contributed by atoms with E-state index >= 15 is 0 Å². The highest BCUT2D eigenvalue weighted by molar-refractivity contribution is 5.26. The van der Waals surface area contributed by atoms with Crippen LogP contribution in [0.4, 0.5) is 0 Å². The lowest BCUT2D eigenvalue weighted by Gasteiger charge is -2.21. The van der Waals surface area contributed by atoms with Gasteiger partial charge in [0.1, 0.15) is 11.4 Å². The van der Waals surface area contributed by atoms with E-state index < -0.39 is 11.6 Å². The number of ether oxygens (including phenoxy) is 1. The molecular formula is C15H21N3O3. The van der Waals surface area contributed by atoms with Crippen molar-refractivity contribution in [3.05, 3.63) is 41.5 Å². The van der Waals surface area contributed by atoms with Crippen molar-refractivity contribution in [2.45, 2.75) is 38.3 Å². The zero-order valence-electron chi connectivity index (χ0n) is 12.5. The summed E-state index contributed by atoms with van der Waals surface area (Å²) in [7, 11) is 1.62. The molecule has 114 valence electrons. The van der Waals surface area contributed by atoms with Crippen LogP contribution in [0.5, 0.6) is 5.75 Å². The highest BCUT2D eigenvalue weighted by Gasteiger charge is 2.30. The van der Waals surface area contributed by atoms with Crippen molar-refractivity contribution < 1.29 is 14.4 Å². The second-order valence-electron chi connectivity index (χ2n) is 5.22. The molecule has 2 aromatic rings. The zero-order chi connectivity index (χ0) is 15.5. The Balaban J connectivity index is 2.12. The van der Waals surface area contributed by atoms with Crippen LogP contribution in [0, 0.1) is 0 Å². The van der Waals surface area contributed by atoms with E-state index in [1.807, 2.05) is 26.0 Å². The Morgan fingerprint density at radius 1 is 1.38 bits per heavy atom. The molecular weight excluding hydrogens is 270 g/mol. The van der Waals surface area contributed by atoms with Gasteiger partial charge < -0.3 is 20.1 Å². The van der Waals surface area contributed by atoms with Crippen molar-refractivity contribution in [2.24, 2.45) is 5.73 Å². The number of hydrogen-bond donors (Lipinski definition) is 2. The van der Waals surface area contributed by atoms with Crippen LogP contribution in [-0.4, -0.2) is 22.4 Å². The van der Waals surface area contributed by atoms with Crippen molar-refractivity contribution in [1.82, 2.24) is 10.1 Å². The number of benzene rings is 1. The third kappa shape index (κ3) is 3.40. The molecule has 0 aliphatic rings. The minimum Gasteiger partial charge on any atom is -0.508 e. The summed E-state index contributed by atoms with van der Waals surface area (Å²) in [5, 5.41) is 13.2. The Hall–Kier alpha value is -1.92. The SMILES string of the molecule is CCC(C)(OC)c1noc([C@@H](N)Cc2ccc(O)cc2)n1. The van der Waals surface area contributed by atoms with Gasteiger partial charge in [-0.15, -0.1) is 0 Å². The van der Waals surface area contributed by atoms with Crippen molar-refractivity contribution in [3.63, 3.8) is 0 Å². The molecule has 0 fully saturated rings. The largest absolute Gasteiger partial charge is 0.508 e. The molecule has 0 aliphatic heterocycles. The maximum atomic E-state index is 9.27. The topological polar surface area (TPSA) is 94.4 Å². The summed E-state index contributed by atoms with van der Waals surface area (Å²) in [6.45, 7) is 3.91.